The summed E-state index contributed by atoms with van der Waals surface area (Å²) in [7, 11) is -1.59. The number of benzene rings is 2. The van der Waals surface area contributed by atoms with E-state index in [9.17, 15) is 8.42 Å². The quantitative estimate of drug-likeness (QED) is 0.541. The first-order chi connectivity index (χ1) is 15.1. The average Bonchev–Trinajstić information content (AvgIpc) is 3.23. The van der Waals surface area contributed by atoms with Crippen molar-refractivity contribution in [2.75, 3.05) is 45.6 Å². The number of hydrogen-bond acceptors (Lipinski definition) is 5. The summed E-state index contributed by atoms with van der Waals surface area (Å²) >= 11 is 0. The van der Waals surface area contributed by atoms with Gasteiger partial charge in [-0.15, -0.1) is 0 Å². The number of fused-ring (bicyclic) bond motifs is 1. The molecule has 8 heteroatoms. The number of nitrogens with one attached hydrogen (secondary N) is 1. The van der Waals surface area contributed by atoms with Crippen molar-refractivity contribution >= 4 is 15.8 Å². The molecule has 2 unspecified atom stereocenters. The van der Waals surface area contributed by atoms with Crippen molar-refractivity contribution < 1.29 is 13.2 Å². The monoisotopic (exact) mass is 442 g/mol. The topological polar surface area (TPSA) is 74.2 Å². The van der Waals surface area contributed by atoms with E-state index in [1.54, 1.807) is 31.3 Å². The van der Waals surface area contributed by atoms with E-state index in [-0.39, 0.29) is 11.9 Å². The number of guanidine groups is 1. The maximum Gasteiger partial charge on any atom is 0.193 e. The highest BCUT2D eigenvalue weighted by Gasteiger charge is 2.41. The molecule has 0 radical (unpaired) electrons. The minimum atomic E-state index is -3.32. The number of hydrogen-bond donors (Lipinski definition) is 1. The summed E-state index contributed by atoms with van der Waals surface area (Å²) in [5.41, 5.74) is 1.30. The molecule has 2 aromatic carbocycles. The van der Waals surface area contributed by atoms with Gasteiger partial charge >= 0.3 is 0 Å². The zero-order valence-electron chi connectivity index (χ0n) is 17.9. The average molecular weight is 443 g/mol. The highest BCUT2D eigenvalue weighted by atomic mass is 32.2. The lowest BCUT2D eigenvalue weighted by Crippen LogP contribution is -2.50. The predicted molar refractivity (Wildman–Crippen MR) is 122 cm³/mol. The Bertz CT molecular complexity index is 982. The van der Waals surface area contributed by atoms with E-state index in [1.165, 1.54) is 5.56 Å². The fourth-order valence-corrected chi connectivity index (χ4v) is 5.50. The molecule has 2 fully saturated rings. The van der Waals surface area contributed by atoms with Gasteiger partial charge in [-0.25, -0.2) is 8.42 Å². The van der Waals surface area contributed by atoms with Crippen molar-refractivity contribution in [3.05, 3.63) is 66.2 Å². The molecular weight excluding hydrogens is 412 g/mol. The van der Waals surface area contributed by atoms with Crippen LogP contribution >= 0.6 is 0 Å². The van der Waals surface area contributed by atoms with Gasteiger partial charge in [0, 0.05) is 39.8 Å². The van der Waals surface area contributed by atoms with Gasteiger partial charge in [0.25, 0.3) is 0 Å². The van der Waals surface area contributed by atoms with Crippen LogP contribution in [0.5, 0.6) is 0 Å². The molecule has 2 aliphatic rings. The number of aliphatic imine (C=N–C) groups is 1. The second kappa shape index (κ2) is 9.80. The third kappa shape index (κ3) is 5.26. The molecule has 2 saturated heterocycles. The smallest absolute Gasteiger partial charge is 0.193 e. The van der Waals surface area contributed by atoms with Crippen molar-refractivity contribution in [1.82, 2.24) is 15.1 Å². The Morgan fingerprint density at radius 2 is 1.81 bits per heavy atom. The molecule has 0 aliphatic carbocycles. The largest absolute Gasteiger partial charge is 0.373 e. The molecule has 31 heavy (non-hydrogen) atoms. The third-order valence-corrected chi connectivity index (χ3v) is 7.64. The lowest BCUT2D eigenvalue weighted by Gasteiger charge is -2.36. The van der Waals surface area contributed by atoms with Gasteiger partial charge in [-0.2, -0.15) is 0 Å². The van der Waals surface area contributed by atoms with Crippen LogP contribution in [0, 0.1) is 0 Å². The normalized spacial score (nSPS) is 22.4. The molecule has 0 bridgehead atoms. The molecular formula is C23H30N4O3S. The highest BCUT2D eigenvalue weighted by Crippen LogP contribution is 2.24. The Morgan fingerprint density at radius 3 is 2.52 bits per heavy atom. The van der Waals surface area contributed by atoms with Gasteiger partial charge in [-0.1, -0.05) is 48.5 Å². The molecule has 0 aromatic heterocycles. The summed E-state index contributed by atoms with van der Waals surface area (Å²) in [6.07, 6.45) is 0.129. The van der Waals surface area contributed by atoms with E-state index in [1.807, 2.05) is 12.1 Å². The molecule has 7 nitrogen and oxygen atoms in total. The Hall–Kier alpha value is -2.42. The van der Waals surface area contributed by atoms with E-state index >= 15 is 0 Å². The molecule has 2 aromatic rings. The van der Waals surface area contributed by atoms with Gasteiger partial charge < -0.3 is 15.0 Å². The van der Waals surface area contributed by atoms with E-state index in [0.29, 0.717) is 17.5 Å². The maximum atomic E-state index is 12.5. The van der Waals surface area contributed by atoms with Gasteiger partial charge in [0.05, 0.1) is 29.4 Å². The second-order valence-electron chi connectivity index (χ2n) is 7.94. The minimum Gasteiger partial charge on any atom is -0.373 e. The summed E-state index contributed by atoms with van der Waals surface area (Å²) in [6.45, 7) is 4.41. The molecule has 0 spiro atoms. The highest BCUT2D eigenvalue weighted by molar-refractivity contribution is 7.91. The van der Waals surface area contributed by atoms with E-state index in [0.717, 1.165) is 38.7 Å². The molecule has 0 amide bonds. The minimum absolute atomic E-state index is 0.0212. The molecule has 4 rings (SSSR count). The molecule has 2 aliphatic heterocycles. The Labute approximate surface area is 184 Å². The Morgan fingerprint density at radius 1 is 1.10 bits per heavy atom. The summed E-state index contributed by atoms with van der Waals surface area (Å²) in [5, 5.41) is 3.23. The molecule has 2 heterocycles. The number of sulfone groups is 1. The lowest BCUT2D eigenvalue weighted by atomic mass is 10.1. The second-order valence-corrected chi connectivity index (χ2v) is 10.1. The van der Waals surface area contributed by atoms with E-state index in [4.69, 9.17) is 4.74 Å². The van der Waals surface area contributed by atoms with Crippen molar-refractivity contribution in [3.63, 3.8) is 0 Å². The first kappa shape index (κ1) is 21.8. The number of nitrogens with zero attached hydrogens (tertiary/aromatic N) is 3. The predicted octanol–water partition coefficient (Wildman–Crippen LogP) is 1.62. The number of ether oxygens (including phenoxy) is 1. The van der Waals surface area contributed by atoms with Crippen molar-refractivity contribution in [1.29, 1.82) is 0 Å². The Balaban J connectivity index is 1.34. The van der Waals surface area contributed by atoms with Crippen LogP contribution in [0.3, 0.4) is 0 Å². The van der Waals surface area contributed by atoms with Crippen LogP contribution < -0.4 is 5.32 Å². The van der Waals surface area contributed by atoms with Gasteiger partial charge in [0.2, 0.25) is 0 Å². The summed E-state index contributed by atoms with van der Waals surface area (Å²) < 4.78 is 31.1. The number of morpholine rings is 1. The third-order valence-electron chi connectivity index (χ3n) is 5.91. The Kier molecular flexibility index (Phi) is 6.89. The summed E-state index contributed by atoms with van der Waals surface area (Å²) in [4.78, 5) is 9.40. The standard InChI is InChI=1S/C23H30N4O3S/c1-24-23(25-12-15-31(28,29)20-10-6-3-7-11-20)27-17-21-22(18-27)30-14-13-26(21)16-19-8-4-2-5-9-19/h2-11,21-22H,12-18H2,1H3,(H,24,25). The zero-order valence-corrected chi connectivity index (χ0v) is 18.7. The van der Waals surface area contributed by atoms with Crippen molar-refractivity contribution in [2.24, 2.45) is 4.99 Å². The lowest BCUT2D eigenvalue weighted by molar-refractivity contribution is -0.0502. The summed E-state index contributed by atoms with van der Waals surface area (Å²) in [5.74, 6) is 0.744. The molecule has 2 atom stereocenters. The van der Waals surface area contributed by atoms with Crippen LogP contribution in [0.25, 0.3) is 0 Å². The molecule has 0 saturated carbocycles. The van der Waals surface area contributed by atoms with Crippen LogP contribution in [0.4, 0.5) is 0 Å². The first-order valence-electron chi connectivity index (χ1n) is 10.7. The fourth-order valence-electron chi connectivity index (χ4n) is 4.32. The van der Waals surface area contributed by atoms with Crippen LogP contribution in [-0.2, 0) is 21.1 Å². The SMILES string of the molecule is CN=C(NCCS(=O)(=O)c1ccccc1)N1CC2OCCN(Cc3ccccc3)C2C1. The van der Waals surface area contributed by atoms with Gasteiger partial charge in [-0.05, 0) is 17.7 Å². The van der Waals surface area contributed by atoms with Crippen molar-refractivity contribution in [3.8, 4) is 0 Å². The first-order valence-corrected chi connectivity index (χ1v) is 12.3. The number of rotatable bonds is 6. The van der Waals surface area contributed by atoms with E-state index < -0.39 is 9.84 Å². The van der Waals surface area contributed by atoms with Crippen LogP contribution in [0.15, 0.2) is 70.6 Å². The summed E-state index contributed by atoms with van der Waals surface area (Å²) in [6, 6.07) is 19.4. The number of likely N-dealkylation sites (tertiary alicyclic amines) is 1. The van der Waals surface area contributed by atoms with E-state index in [2.05, 4.69) is 44.4 Å². The zero-order chi connectivity index (χ0) is 21.7. The van der Waals surface area contributed by atoms with Crippen LogP contribution in [0.2, 0.25) is 0 Å². The maximum absolute atomic E-state index is 12.5. The van der Waals surface area contributed by atoms with Crippen LogP contribution in [-0.4, -0.2) is 81.9 Å². The molecule has 166 valence electrons. The molecule has 1 N–H and O–H groups in total. The van der Waals surface area contributed by atoms with Crippen molar-refractivity contribution in [2.45, 2.75) is 23.6 Å². The van der Waals surface area contributed by atoms with Gasteiger partial charge in [0.1, 0.15) is 0 Å². The van der Waals surface area contributed by atoms with Crippen LogP contribution in [0.1, 0.15) is 5.56 Å². The fraction of sp³-hybridized carbons (Fsp3) is 0.435. The van der Waals surface area contributed by atoms with Gasteiger partial charge in [-0.3, -0.25) is 9.89 Å². The van der Waals surface area contributed by atoms with Gasteiger partial charge in [0.15, 0.2) is 15.8 Å².